The topological polar surface area (TPSA) is 0 Å². The molecule has 0 unspecified atom stereocenters. The van der Waals surface area contributed by atoms with E-state index in [1.165, 1.54) is 47.0 Å². The molecule has 0 aromatic heterocycles. The molecule has 0 heterocycles. The Kier molecular flexibility index (Phi) is 7.47. The van der Waals surface area contributed by atoms with Gasteiger partial charge in [0, 0.05) is 0 Å². The number of halogens is 4. The summed E-state index contributed by atoms with van der Waals surface area (Å²) in [5.41, 5.74) is 4.23. The maximum Gasteiger partial charge on any atom is -1.00 e. The van der Waals surface area contributed by atoms with Crippen molar-refractivity contribution in [1.82, 2.24) is 0 Å². The van der Waals surface area contributed by atoms with Crippen molar-refractivity contribution in [2.75, 3.05) is 0 Å². The Morgan fingerprint density at radius 3 is 2.31 bits per heavy atom. The van der Waals surface area contributed by atoms with E-state index >= 15 is 0 Å². The first-order chi connectivity index (χ1) is 13.2. The van der Waals surface area contributed by atoms with E-state index in [-0.39, 0.29) is 36.4 Å². The van der Waals surface area contributed by atoms with Gasteiger partial charge in [0.2, 0.25) is 0 Å². The summed E-state index contributed by atoms with van der Waals surface area (Å²) >= 11 is -2.29. The summed E-state index contributed by atoms with van der Waals surface area (Å²) in [6.45, 7) is 0. The van der Waals surface area contributed by atoms with Gasteiger partial charge in [0.05, 0.1) is 0 Å². The third-order valence-corrected chi connectivity index (χ3v) is 14.0. The van der Waals surface area contributed by atoms with Gasteiger partial charge in [-0.1, -0.05) is 0 Å². The smallest absolute Gasteiger partial charge is 1.00 e. The molecule has 0 saturated heterocycles. The summed E-state index contributed by atoms with van der Waals surface area (Å²) in [7, 11) is 0. The first kappa shape index (κ1) is 22.8. The molecule has 1 saturated carbocycles. The normalized spacial score (nSPS) is 16.2. The average molecular weight is 511 g/mol. The fourth-order valence-corrected chi connectivity index (χ4v) is 13.3. The second-order valence-electron chi connectivity index (χ2n) is 7.82. The van der Waals surface area contributed by atoms with Crippen LogP contribution < -0.4 is 28.1 Å². The van der Waals surface area contributed by atoms with Crippen LogP contribution in [0, 0.1) is 11.6 Å². The first-order valence-electron chi connectivity index (χ1n) is 9.90. The minimum absolute atomic E-state index is 0. The van der Waals surface area contributed by atoms with Gasteiger partial charge in [0.25, 0.3) is 0 Å². The quantitative estimate of drug-likeness (QED) is 0.447. The summed E-state index contributed by atoms with van der Waals surface area (Å²) in [5.74, 6) is -0.405. The van der Waals surface area contributed by atoms with Crippen LogP contribution in [0.5, 0.6) is 0 Å². The largest absolute Gasteiger partial charge is 1.00 e. The van der Waals surface area contributed by atoms with Gasteiger partial charge in [-0.05, 0) is 0 Å². The van der Waals surface area contributed by atoms with Crippen LogP contribution in [-0.2, 0) is 27.7 Å². The van der Waals surface area contributed by atoms with Gasteiger partial charge in [-0.15, -0.1) is 0 Å². The maximum atomic E-state index is 14.7. The molecule has 0 aliphatic heterocycles. The summed E-state index contributed by atoms with van der Waals surface area (Å²) in [5, 5.41) is 0. The zero-order chi connectivity index (χ0) is 18.4. The van der Waals surface area contributed by atoms with Crippen molar-refractivity contribution in [3.8, 4) is 11.1 Å². The minimum atomic E-state index is -2.29. The molecular weight excluding hydrogens is 488 g/mol. The third kappa shape index (κ3) is 4.29. The predicted octanol–water partition coefficient (Wildman–Crippen LogP) is -0.232. The van der Waals surface area contributed by atoms with Crippen LogP contribution in [0.1, 0.15) is 49.7 Å². The first-order valence-corrected chi connectivity index (χ1v) is 13.6. The van der Waals surface area contributed by atoms with Gasteiger partial charge < -0.3 is 24.8 Å². The van der Waals surface area contributed by atoms with Crippen molar-refractivity contribution >= 4 is 6.48 Å². The van der Waals surface area contributed by atoms with E-state index in [4.69, 9.17) is 0 Å². The van der Waals surface area contributed by atoms with Crippen LogP contribution >= 0.6 is 0 Å². The van der Waals surface area contributed by atoms with Crippen molar-refractivity contribution in [1.29, 1.82) is 0 Å². The molecule has 3 aliphatic rings. The molecule has 0 radical (unpaired) electrons. The molecule has 3 aliphatic carbocycles. The molecule has 0 amide bonds. The van der Waals surface area contributed by atoms with E-state index in [1.807, 2.05) is 12.1 Å². The van der Waals surface area contributed by atoms with E-state index in [9.17, 15) is 8.78 Å². The Morgan fingerprint density at radius 1 is 0.828 bits per heavy atom. The van der Waals surface area contributed by atoms with Gasteiger partial charge in [-0.2, -0.15) is 0 Å². The minimum Gasteiger partial charge on any atom is -1.00 e. The van der Waals surface area contributed by atoms with E-state index in [2.05, 4.69) is 18.2 Å². The van der Waals surface area contributed by atoms with Crippen LogP contribution in [0.3, 0.4) is 0 Å². The molecule has 0 spiro atoms. The molecular formula is C24H22Cl2F2Zr. The maximum absolute atomic E-state index is 14.7. The molecule has 5 rings (SSSR count). The van der Waals surface area contributed by atoms with Gasteiger partial charge >= 0.3 is 167 Å². The number of allylic oxidation sites excluding steroid dienone is 4. The van der Waals surface area contributed by atoms with E-state index < -0.39 is 21.3 Å². The molecule has 0 N–H and O–H groups in total. The second-order valence-corrected chi connectivity index (χ2v) is 14.3. The van der Waals surface area contributed by atoms with Crippen molar-refractivity contribution in [2.24, 2.45) is 0 Å². The molecule has 0 nitrogen and oxygen atoms in total. The third-order valence-electron chi connectivity index (χ3n) is 6.12. The summed E-state index contributed by atoms with van der Waals surface area (Å²) in [6, 6.07) is 8.44. The summed E-state index contributed by atoms with van der Waals surface area (Å²) in [4.78, 5) is 0. The Hall–Kier alpha value is -0.887. The molecule has 0 atom stereocenters. The molecule has 2 aromatic carbocycles. The standard InChI is InChI=1S/C13H7F2.C6H10.C5H5.2ClH.Zr/c14-10-3-1-8-5-9-2-4-11(15)7-13(9)12(8)6-10;1-2-4-6-5-3-1;1-2-4-5-3-1;;;/h1,3-4,6-7H,5H2;1-5H2;1-3H,4H2;2*1H;/q;;;;;+2/p-2. The SMILES string of the molecule is Fc1ccc2c(c1)-c1cc(F)c[c]([Zr+2]([C]3=CC=CC3)=[C]3CCCCC3)c1C2.[Cl-].[Cl-]. The monoisotopic (exact) mass is 508 g/mol. The Bertz CT molecular complexity index is 1030. The Balaban J connectivity index is 0.00000120. The fraction of sp³-hybridized carbons (Fsp3) is 0.292. The summed E-state index contributed by atoms with van der Waals surface area (Å²) < 4.78 is 33.2. The fourth-order valence-electron chi connectivity index (χ4n) is 4.89. The van der Waals surface area contributed by atoms with Crippen LogP contribution in [0.4, 0.5) is 8.78 Å². The van der Waals surface area contributed by atoms with E-state index in [0.717, 1.165) is 29.5 Å². The van der Waals surface area contributed by atoms with Crippen LogP contribution in [0.15, 0.2) is 51.8 Å². The number of benzene rings is 2. The molecule has 5 heteroatoms. The van der Waals surface area contributed by atoms with Crippen LogP contribution in [-0.4, -0.2) is 3.21 Å². The van der Waals surface area contributed by atoms with Crippen molar-refractivity contribution in [3.63, 3.8) is 0 Å². The molecule has 2 aromatic rings. The number of fused-ring (bicyclic) bond motifs is 3. The van der Waals surface area contributed by atoms with Gasteiger partial charge in [0.15, 0.2) is 0 Å². The molecule has 1 fully saturated rings. The predicted molar refractivity (Wildman–Crippen MR) is 104 cm³/mol. The Labute approximate surface area is 191 Å². The van der Waals surface area contributed by atoms with Gasteiger partial charge in [-0.25, -0.2) is 0 Å². The van der Waals surface area contributed by atoms with Crippen molar-refractivity contribution in [3.05, 3.63) is 74.6 Å². The number of hydrogen-bond donors (Lipinski definition) is 0. The zero-order valence-electron chi connectivity index (χ0n) is 16.1. The molecule has 0 bridgehead atoms. The van der Waals surface area contributed by atoms with Crippen LogP contribution in [0.25, 0.3) is 11.1 Å². The number of hydrogen-bond acceptors (Lipinski definition) is 0. The van der Waals surface area contributed by atoms with Gasteiger partial charge in [0.1, 0.15) is 0 Å². The van der Waals surface area contributed by atoms with E-state index in [0.29, 0.717) is 0 Å². The summed E-state index contributed by atoms with van der Waals surface area (Å²) in [6.07, 6.45) is 14.9. The van der Waals surface area contributed by atoms with Crippen LogP contribution in [0.2, 0.25) is 0 Å². The van der Waals surface area contributed by atoms with Crippen molar-refractivity contribution in [2.45, 2.75) is 44.9 Å². The zero-order valence-corrected chi connectivity index (χ0v) is 20.1. The van der Waals surface area contributed by atoms with E-state index in [1.54, 1.807) is 18.6 Å². The Morgan fingerprint density at radius 2 is 1.59 bits per heavy atom. The second kappa shape index (κ2) is 9.50. The van der Waals surface area contributed by atoms with Crippen molar-refractivity contribution < 1.29 is 54.9 Å². The molecule has 150 valence electrons. The molecule has 29 heavy (non-hydrogen) atoms. The van der Waals surface area contributed by atoms with Gasteiger partial charge in [-0.3, -0.25) is 0 Å². The number of rotatable bonds is 2. The average Bonchev–Trinajstić information content (AvgIpc) is 3.31.